The standard InChI is InChI=1S/C35H55NO5.ClH/c1-20(2)27-22(37)18-35(36)17-16-33(8)21(28(27)35)10-11-24-32(7)14-13-25(41-26(38)19-30(3,4)29(39)40)31(5,6)23(32)12-15-34(24,33)9;/h20-21,23-25H,10-19,36H2,1-9H3,(H,39,40);1H/t21-,23+,24-,25+,32+,33-,34-,35-;/m1./s1. The number of ether oxygens (including phenoxy) is 1. The van der Waals surface area contributed by atoms with E-state index in [1.54, 1.807) is 13.8 Å². The molecule has 5 rings (SSSR count). The minimum absolute atomic E-state index is 0. The molecule has 42 heavy (non-hydrogen) atoms. The van der Waals surface area contributed by atoms with Crippen LogP contribution in [0.15, 0.2) is 11.1 Å². The summed E-state index contributed by atoms with van der Waals surface area (Å²) in [4.78, 5) is 37.8. The van der Waals surface area contributed by atoms with Crippen LogP contribution >= 0.6 is 12.4 Å². The molecule has 0 radical (unpaired) electrons. The maximum absolute atomic E-state index is 13.3. The van der Waals surface area contributed by atoms with Crippen LogP contribution in [0, 0.1) is 50.7 Å². The molecule has 5 aliphatic rings. The van der Waals surface area contributed by atoms with Gasteiger partial charge in [0.05, 0.1) is 11.8 Å². The molecule has 238 valence electrons. The predicted molar refractivity (Wildman–Crippen MR) is 167 cm³/mol. The number of esters is 1. The summed E-state index contributed by atoms with van der Waals surface area (Å²) in [5, 5.41) is 9.51. The second-order valence-corrected chi connectivity index (χ2v) is 17.1. The van der Waals surface area contributed by atoms with Gasteiger partial charge >= 0.3 is 11.9 Å². The average molecular weight is 606 g/mol. The van der Waals surface area contributed by atoms with Crippen molar-refractivity contribution in [3.8, 4) is 0 Å². The summed E-state index contributed by atoms with van der Waals surface area (Å²) in [5.41, 5.74) is 8.04. The lowest BCUT2D eigenvalue weighted by molar-refractivity contribution is -0.232. The van der Waals surface area contributed by atoms with Gasteiger partial charge in [-0.3, -0.25) is 14.4 Å². The van der Waals surface area contributed by atoms with E-state index in [9.17, 15) is 19.5 Å². The maximum atomic E-state index is 13.3. The summed E-state index contributed by atoms with van der Waals surface area (Å²) in [5.74, 6) is 0.462. The van der Waals surface area contributed by atoms with Gasteiger partial charge in [-0.15, -0.1) is 12.4 Å². The summed E-state index contributed by atoms with van der Waals surface area (Å²) in [6.45, 7) is 19.7. The molecule has 0 aromatic heterocycles. The quantitative estimate of drug-likeness (QED) is 0.314. The number of Topliss-reactive ketones (excluding diaryl/α,β-unsaturated/α-hetero) is 1. The number of nitrogens with two attached hydrogens (primary N) is 1. The van der Waals surface area contributed by atoms with Crippen LogP contribution in [0.2, 0.25) is 0 Å². The number of carboxylic acid groups (broad SMARTS) is 1. The first-order valence-corrected chi connectivity index (χ1v) is 16.2. The largest absolute Gasteiger partial charge is 0.481 e. The second-order valence-electron chi connectivity index (χ2n) is 17.1. The van der Waals surface area contributed by atoms with Crippen molar-refractivity contribution in [2.24, 2.45) is 56.5 Å². The monoisotopic (exact) mass is 605 g/mol. The highest BCUT2D eigenvalue weighted by Gasteiger charge is 2.69. The van der Waals surface area contributed by atoms with E-state index < -0.39 is 22.9 Å². The zero-order valence-corrected chi connectivity index (χ0v) is 28.3. The molecule has 0 heterocycles. The predicted octanol–water partition coefficient (Wildman–Crippen LogP) is 7.51. The molecule has 3 N–H and O–H groups in total. The van der Waals surface area contributed by atoms with Gasteiger partial charge in [0.15, 0.2) is 5.78 Å². The van der Waals surface area contributed by atoms with E-state index in [1.165, 1.54) is 5.57 Å². The Kier molecular flexibility index (Phi) is 8.23. The fourth-order valence-corrected chi connectivity index (χ4v) is 11.4. The highest BCUT2D eigenvalue weighted by Crippen LogP contribution is 2.75. The topological polar surface area (TPSA) is 107 Å². The Bertz CT molecular complexity index is 1190. The number of allylic oxidation sites excluding steroid dienone is 1. The van der Waals surface area contributed by atoms with E-state index in [0.717, 1.165) is 56.9 Å². The highest BCUT2D eigenvalue weighted by atomic mass is 35.5. The number of aliphatic carboxylic acids is 1. The Balaban J connectivity index is 0.00000405. The Morgan fingerprint density at radius 3 is 2.19 bits per heavy atom. The fourth-order valence-electron chi connectivity index (χ4n) is 11.4. The molecule has 0 unspecified atom stereocenters. The molecule has 0 aromatic rings. The van der Waals surface area contributed by atoms with Crippen LogP contribution in [-0.2, 0) is 19.1 Å². The van der Waals surface area contributed by atoms with Gasteiger partial charge in [0, 0.05) is 17.4 Å². The van der Waals surface area contributed by atoms with Crippen LogP contribution < -0.4 is 5.73 Å². The van der Waals surface area contributed by atoms with Crippen LogP contribution in [0.5, 0.6) is 0 Å². The maximum Gasteiger partial charge on any atom is 0.309 e. The summed E-state index contributed by atoms with van der Waals surface area (Å²) < 4.78 is 6.10. The van der Waals surface area contributed by atoms with E-state index in [0.29, 0.717) is 24.2 Å². The molecule has 7 heteroatoms. The van der Waals surface area contributed by atoms with E-state index in [4.69, 9.17) is 10.5 Å². The highest BCUT2D eigenvalue weighted by molar-refractivity contribution is 6.01. The van der Waals surface area contributed by atoms with Gasteiger partial charge in [-0.2, -0.15) is 0 Å². The van der Waals surface area contributed by atoms with Gasteiger partial charge in [-0.25, -0.2) is 0 Å². The van der Waals surface area contributed by atoms with Crippen LogP contribution in [0.4, 0.5) is 0 Å². The summed E-state index contributed by atoms with van der Waals surface area (Å²) in [7, 11) is 0. The summed E-state index contributed by atoms with van der Waals surface area (Å²) >= 11 is 0. The Morgan fingerprint density at radius 2 is 1.60 bits per heavy atom. The van der Waals surface area contributed by atoms with Gasteiger partial charge in [0.2, 0.25) is 0 Å². The molecule has 0 saturated heterocycles. The molecule has 0 amide bonds. The summed E-state index contributed by atoms with van der Waals surface area (Å²) in [6.07, 6.45) is 8.45. The second kappa shape index (κ2) is 10.3. The zero-order chi connectivity index (χ0) is 30.6. The normalized spacial score (nSPS) is 42.6. The number of fused-ring (bicyclic) bond motifs is 7. The molecule has 4 saturated carbocycles. The molecule has 8 atom stereocenters. The van der Waals surface area contributed by atoms with E-state index in [2.05, 4.69) is 48.5 Å². The fraction of sp³-hybridized carbons (Fsp3) is 0.857. The Hall–Kier alpha value is -1.40. The van der Waals surface area contributed by atoms with Crippen molar-refractivity contribution in [2.75, 3.05) is 0 Å². The van der Waals surface area contributed by atoms with Crippen molar-refractivity contribution in [1.82, 2.24) is 0 Å². The Morgan fingerprint density at radius 1 is 0.952 bits per heavy atom. The molecule has 0 bridgehead atoms. The van der Waals surface area contributed by atoms with Crippen molar-refractivity contribution in [1.29, 1.82) is 0 Å². The van der Waals surface area contributed by atoms with Gasteiger partial charge in [-0.1, -0.05) is 48.5 Å². The zero-order valence-electron chi connectivity index (χ0n) is 27.5. The van der Waals surface area contributed by atoms with Crippen molar-refractivity contribution in [3.63, 3.8) is 0 Å². The third-order valence-electron chi connectivity index (χ3n) is 13.9. The minimum Gasteiger partial charge on any atom is -0.481 e. The number of hydrogen-bond acceptors (Lipinski definition) is 5. The van der Waals surface area contributed by atoms with Crippen molar-refractivity contribution < 1.29 is 24.2 Å². The van der Waals surface area contributed by atoms with Gasteiger partial charge < -0.3 is 15.6 Å². The molecule has 0 spiro atoms. The van der Waals surface area contributed by atoms with Crippen LogP contribution in [-0.4, -0.2) is 34.5 Å². The number of ketones is 1. The Labute approximate surface area is 259 Å². The average Bonchev–Trinajstić information content (AvgIpc) is 3.11. The van der Waals surface area contributed by atoms with Crippen molar-refractivity contribution >= 4 is 30.1 Å². The van der Waals surface area contributed by atoms with Crippen molar-refractivity contribution in [3.05, 3.63) is 11.1 Å². The molecule has 0 aromatic carbocycles. The lowest BCUT2D eigenvalue weighted by Crippen LogP contribution is -2.66. The molecular formula is C35H56ClNO5. The number of carbonyl (C=O) groups excluding carboxylic acids is 2. The smallest absolute Gasteiger partial charge is 0.309 e. The van der Waals surface area contributed by atoms with E-state index >= 15 is 0 Å². The van der Waals surface area contributed by atoms with E-state index in [-0.39, 0.29) is 58.3 Å². The van der Waals surface area contributed by atoms with Crippen LogP contribution in [0.1, 0.15) is 127 Å². The number of carboxylic acids is 1. The van der Waals surface area contributed by atoms with Gasteiger partial charge in [0.25, 0.3) is 0 Å². The molecule has 4 fully saturated rings. The number of rotatable bonds is 5. The molecule has 6 nitrogen and oxygen atoms in total. The summed E-state index contributed by atoms with van der Waals surface area (Å²) in [6, 6.07) is 0. The first kappa shape index (κ1) is 33.5. The van der Waals surface area contributed by atoms with Crippen LogP contribution in [0.25, 0.3) is 0 Å². The number of carbonyl (C=O) groups is 3. The first-order chi connectivity index (χ1) is 18.7. The number of halogens is 1. The SMILES string of the molecule is CC(C)C1=C2[C@H]3CC[C@@H]4[C@@]5(C)CC[C@H](OC(=O)CC(C)(C)C(=O)O)C(C)(C)[C@@H]5CC[C@@]4(C)[C@]3(C)CC[C@@]2(N)CC1=O.Cl. The van der Waals surface area contributed by atoms with Crippen LogP contribution in [0.3, 0.4) is 0 Å². The number of hydrogen-bond donors (Lipinski definition) is 2. The lowest BCUT2D eigenvalue weighted by atomic mass is 9.33. The first-order valence-electron chi connectivity index (χ1n) is 16.2. The third kappa shape index (κ3) is 4.54. The van der Waals surface area contributed by atoms with Gasteiger partial charge in [-0.05, 0) is 116 Å². The van der Waals surface area contributed by atoms with Gasteiger partial charge in [0.1, 0.15) is 6.10 Å². The van der Waals surface area contributed by atoms with Crippen molar-refractivity contribution in [2.45, 2.75) is 138 Å². The lowest BCUT2D eigenvalue weighted by Gasteiger charge is -2.72. The third-order valence-corrected chi connectivity index (χ3v) is 13.9. The molecule has 5 aliphatic carbocycles. The minimum atomic E-state index is -1.14. The molecule has 0 aliphatic heterocycles. The molecular weight excluding hydrogens is 550 g/mol. The van der Waals surface area contributed by atoms with E-state index in [1.807, 2.05) is 0 Å².